The van der Waals surface area contributed by atoms with Crippen molar-refractivity contribution in [2.45, 2.75) is 39.8 Å². The normalized spacial score (nSPS) is 11.1. The third-order valence-electron chi connectivity index (χ3n) is 4.00. The molecule has 0 aliphatic carbocycles. The fourth-order valence-electron chi connectivity index (χ4n) is 2.63. The molecule has 0 bridgehead atoms. The van der Waals surface area contributed by atoms with Crippen LogP contribution >= 0.6 is 0 Å². The van der Waals surface area contributed by atoms with E-state index in [1.165, 1.54) is 6.07 Å². The van der Waals surface area contributed by atoms with E-state index >= 15 is 0 Å². The van der Waals surface area contributed by atoms with Gasteiger partial charge in [-0.2, -0.15) is 0 Å². The zero-order valence-corrected chi connectivity index (χ0v) is 14.1. The molecule has 23 heavy (non-hydrogen) atoms. The highest BCUT2D eigenvalue weighted by atomic mass is 16.3. The summed E-state index contributed by atoms with van der Waals surface area (Å²) in [5, 5.41) is 10.3. The Balaban J connectivity index is 2.36. The first kappa shape index (κ1) is 17.2. The number of hydrogen-bond donors (Lipinski definition) is 1. The molecule has 2 rings (SSSR count). The molecule has 0 amide bonds. The lowest BCUT2D eigenvalue weighted by Crippen LogP contribution is -2.25. The van der Waals surface area contributed by atoms with Crippen LogP contribution in [0.2, 0.25) is 0 Å². The summed E-state index contributed by atoms with van der Waals surface area (Å²) in [6.07, 6.45) is 5.71. The van der Waals surface area contributed by atoms with Gasteiger partial charge in [0.25, 0.3) is 0 Å². The first-order valence-electron chi connectivity index (χ1n) is 8.02. The predicted molar refractivity (Wildman–Crippen MR) is 91.7 cm³/mol. The van der Waals surface area contributed by atoms with Gasteiger partial charge in [-0.3, -0.25) is 9.78 Å². The first-order chi connectivity index (χ1) is 11.0. The molecule has 0 saturated heterocycles. The van der Waals surface area contributed by atoms with Gasteiger partial charge in [0.15, 0.2) is 5.75 Å². The molecule has 0 fully saturated rings. The van der Waals surface area contributed by atoms with Gasteiger partial charge in [-0.05, 0) is 44.6 Å². The van der Waals surface area contributed by atoms with E-state index in [2.05, 4.69) is 16.8 Å². The number of nitrogens with zero attached hydrogens (tertiary/aromatic N) is 3. The number of hydrogen-bond acceptors (Lipinski definition) is 4. The Morgan fingerprint density at radius 2 is 2.00 bits per heavy atom. The average Bonchev–Trinajstić information content (AvgIpc) is 2.55. The van der Waals surface area contributed by atoms with E-state index in [0.717, 1.165) is 30.6 Å². The number of unbranched alkanes of at least 4 members (excludes halogenated alkanes) is 1. The molecule has 1 N–H and O–H groups in total. The van der Waals surface area contributed by atoms with Crippen molar-refractivity contribution in [3.8, 4) is 5.75 Å². The minimum Gasteiger partial charge on any atom is -0.503 e. The number of aryl methyl sites for hydroxylation is 1. The number of pyridine rings is 2. The summed E-state index contributed by atoms with van der Waals surface area (Å²) in [5.41, 5.74) is 2.30. The summed E-state index contributed by atoms with van der Waals surface area (Å²) < 4.78 is 2.01. The van der Waals surface area contributed by atoms with Crippen LogP contribution in [0.15, 0.2) is 35.4 Å². The Kier molecular flexibility index (Phi) is 5.93. The molecule has 0 saturated carbocycles. The lowest BCUT2D eigenvalue weighted by molar-refractivity contribution is 0.302. The van der Waals surface area contributed by atoms with Gasteiger partial charge < -0.3 is 14.6 Å². The largest absolute Gasteiger partial charge is 0.503 e. The van der Waals surface area contributed by atoms with Crippen LogP contribution in [-0.2, 0) is 13.1 Å². The molecule has 0 aromatic carbocycles. The molecule has 5 nitrogen and oxygen atoms in total. The van der Waals surface area contributed by atoms with Crippen molar-refractivity contribution >= 4 is 0 Å². The smallest absolute Gasteiger partial charge is 0.223 e. The monoisotopic (exact) mass is 315 g/mol. The van der Waals surface area contributed by atoms with Crippen molar-refractivity contribution in [1.82, 2.24) is 14.5 Å². The van der Waals surface area contributed by atoms with Crippen molar-refractivity contribution in [2.24, 2.45) is 0 Å². The second kappa shape index (κ2) is 7.92. The van der Waals surface area contributed by atoms with Crippen LogP contribution in [0.1, 0.15) is 36.7 Å². The zero-order valence-electron chi connectivity index (χ0n) is 14.1. The van der Waals surface area contributed by atoms with Crippen LogP contribution in [0.4, 0.5) is 0 Å². The topological polar surface area (TPSA) is 58.4 Å². The lowest BCUT2D eigenvalue weighted by Gasteiger charge is -2.22. The maximum atomic E-state index is 12.0. The van der Waals surface area contributed by atoms with E-state index in [9.17, 15) is 9.90 Å². The van der Waals surface area contributed by atoms with E-state index in [1.807, 2.05) is 30.7 Å². The third kappa shape index (κ3) is 4.42. The SMILES string of the molecule is CCCCN(C)Cc1c(O)c(=O)cc(C)n1Cc1ccncc1. The lowest BCUT2D eigenvalue weighted by atomic mass is 10.2. The number of aromatic hydroxyl groups is 1. The summed E-state index contributed by atoms with van der Waals surface area (Å²) in [7, 11) is 2.01. The minimum absolute atomic E-state index is 0.145. The maximum Gasteiger partial charge on any atom is 0.223 e. The van der Waals surface area contributed by atoms with Crippen molar-refractivity contribution in [3.63, 3.8) is 0 Å². The van der Waals surface area contributed by atoms with E-state index < -0.39 is 0 Å². The fraction of sp³-hybridized carbons (Fsp3) is 0.444. The van der Waals surface area contributed by atoms with E-state index in [1.54, 1.807) is 12.4 Å². The summed E-state index contributed by atoms with van der Waals surface area (Å²) in [6, 6.07) is 5.38. The Morgan fingerprint density at radius 1 is 1.30 bits per heavy atom. The highest BCUT2D eigenvalue weighted by molar-refractivity contribution is 5.31. The Hall–Kier alpha value is -2.14. The predicted octanol–water partition coefficient (Wildman–Crippen LogP) is 2.54. The van der Waals surface area contributed by atoms with Crippen LogP contribution in [0.3, 0.4) is 0 Å². The van der Waals surface area contributed by atoms with Gasteiger partial charge in [0.05, 0.1) is 5.69 Å². The van der Waals surface area contributed by atoms with Gasteiger partial charge in [-0.1, -0.05) is 13.3 Å². The Morgan fingerprint density at radius 3 is 2.65 bits per heavy atom. The Bertz CT molecular complexity index is 695. The van der Waals surface area contributed by atoms with E-state index in [-0.39, 0.29) is 11.2 Å². The molecule has 2 heterocycles. The van der Waals surface area contributed by atoms with Gasteiger partial charge in [0.1, 0.15) is 0 Å². The number of rotatable bonds is 7. The molecule has 2 aromatic heterocycles. The average molecular weight is 315 g/mol. The van der Waals surface area contributed by atoms with Crippen LogP contribution in [0.5, 0.6) is 5.75 Å². The zero-order chi connectivity index (χ0) is 16.8. The van der Waals surface area contributed by atoms with Crippen molar-refractivity contribution in [2.75, 3.05) is 13.6 Å². The number of aromatic nitrogens is 2. The molecule has 0 aliphatic heterocycles. The second-order valence-corrected chi connectivity index (χ2v) is 5.98. The van der Waals surface area contributed by atoms with Gasteiger partial charge in [0, 0.05) is 37.2 Å². The molecule has 5 heteroatoms. The van der Waals surface area contributed by atoms with Gasteiger partial charge in [-0.15, -0.1) is 0 Å². The fourth-order valence-corrected chi connectivity index (χ4v) is 2.63. The third-order valence-corrected chi connectivity index (χ3v) is 4.00. The molecule has 0 spiro atoms. The van der Waals surface area contributed by atoms with Crippen LogP contribution in [0.25, 0.3) is 0 Å². The van der Waals surface area contributed by atoms with Crippen LogP contribution in [0, 0.1) is 6.92 Å². The second-order valence-electron chi connectivity index (χ2n) is 5.98. The van der Waals surface area contributed by atoms with Crippen LogP contribution in [-0.4, -0.2) is 33.1 Å². The van der Waals surface area contributed by atoms with Gasteiger partial charge in [-0.25, -0.2) is 0 Å². The highest BCUT2D eigenvalue weighted by Crippen LogP contribution is 2.18. The Labute approximate surface area is 137 Å². The van der Waals surface area contributed by atoms with E-state index in [0.29, 0.717) is 18.8 Å². The highest BCUT2D eigenvalue weighted by Gasteiger charge is 2.15. The molecule has 0 unspecified atom stereocenters. The van der Waals surface area contributed by atoms with Gasteiger partial charge >= 0.3 is 0 Å². The molecule has 124 valence electrons. The summed E-state index contributed by atoms with van der Waals surface area (Å²) in [6.45, 7) is 6.15. The first-order valence-corrected chi connectivity index (χ1v) is 8.02. The molecule has 2 aromatic rings. The minimum atomic E-state index is -0.313. The summed E-state index contributed by atoms with van der Waals surface area (Å²) in [5.74, 6) is -0.145. The summed E-state index contributed by atoms with van der Waals surface area (Å²) >= 11 is 0. The molecule has 0 aliphatic rings. The standard InChI is InChI=1S/C18H25N3O2/c1-4-5-10-20(3)13-16-18(23)17(22)11-14(2)21(16)12-15-6-8-19-9-7-15/h6-9,11,23H,4-5,10,12-13H2,1-3H3. The molecule has 0 radical (unpaired) electrons. The van der Waals surface area contributed by atoms with Crippen molar-refractivity contribution in [3.05, 3.63) is 57.8 Å². The van der Waals surface area contributed by atoms with Crippen molar-refractivity contribution < 1.29 is 5.11 Å². The molecule has 0 atom stereocenters. The maximum absolute atomic E-state index is 12.0. The quantitative estimate of drug-likeness (QED) is 0.853. The van der Waals surface area contributed by atoms with E-state index in [4.69, 9.17) is 0 Å². The molecular weight excluding hydrogens is 290 g/mol. The van der Waals surface area contributed by atoms with Crippen LogP contribution < -0.4 is 5.43 Å². The summed E-state index contributed by atoms with van der Waals surface area (Å²) in [4.78, 5) is 18.1. The van der Waals surface area contributed by atoms with Gasteiger partial charge in [0.2, 0.25) is 5.43 Å². The molecular formula is C18H25N3O2. The van der Waals surface area contributed by atoms with Crippen molar-refractivity contribution in [1.29, 1.82) is 0 Å².